The van der Waals surface area contributed by atoms with Crippen molar-refractivity contribution in [2.45, 2.75) is 3.79 Å². The lowest BCUT2D eigenvalue weighted by Crippen LogP contribution is -2.47. The molecule has 0 atom stereocenters. The topological polar surface area (TPSA) is 52.6 Å². The van der Waals surface area contributed by atoms with E-state index < -0.39 is 9.70 Å². The molecule has 0 unspecified atom stereocenters. The third-order valence-electron chi connectivity index (χ3n) is 3.44. The third kappa shape index (κ3) is 4.49. The van der Waals surface area contributed by atoms with E-state index in [4.69, 9.17) is 34.8 Å². The minimum absolute atomic E-state index is 0.0210. The van der Waals surface area contributed by atoms with Crippen LogP contribution in [0, 0.1) is 0 Å². The molecule has 1 saturated heterocycles. The van der Waals surface area contributed by atoms with Crippen molar-refractivity contribution in [1.29, 1.82) is 0 Å². The smallest absolute Gasteiger partial charge is 0.276 e. The van der Waals surface area contributed by atoms with E-state index in [1.54, 1.807) is 24.3 Å². The first-order chi connectivity index (χ1) is 10.3. The zero-order chi connectivity index (χ0) is 16.3. The van der Waals surface area contributed by atoms with Gasteiger partial charge in [-0.05, 0) is 31.3 Å². The molecule has 2 rings (SSSR count). The molecule has 0 radical (unpaired) electrons. The Labute approximate surface area is 144 Å². The molecule has 5 nitrogen and oxygen atoms in total. The quantitative estimate of drug-likeness (QED) is 0.820. The molecule has 1 aromatic carbocycles. The summed E-state index contributed by atoms with van der Waals surface area (Å²) in [7, 11) is 2.03. The number of halogens is 3. The summed E-state index contributed by atoms with van der Waals surface area (Å²) >= 11 is 16.4. The van der Waals surface area contributed by atoms with E-state index >= 15 is 0 Å². The number of carbonyl (C=O) groups is 2. The number of alkyl halides is 3. The van der Waals surface area contributed by atoms with Crippen LogP contribution in [-0.4, -0.2) is 58.6 Å². The minimum atomic E-state index is -2.02. The first-order valence-electron chi connectivity index (χ1n) is 6.73. The zero-order valence-electron chi connectivity index (χ0n) is 12.0. The van der Waals surface area contributed by atoms with Crippen molar-refractivity contribution in [2.75, 3.05) is 38.5 Å². The number of carbonyl (C=O) groups excluding carboxylic acids is 2. The fraction of sp³-hybridized carbons (Fsp3) is 0.429. The fourth-order valence-electron chi connectivity index (χ4n) is 2.09. The fourth-order valence-corrected chi connectivity index (χ4v) is 2.23. The molecule has 0 spiro atoms. The molecule has 8 heteroatoms. The maximum absolute atomic E-state index is 12.4. The minimum Gasteiger partial charge on any atom is -0.336 e. The van der Waals surface area contributed by atoms with Gasteiger partial charge >= 0.3 is 0 Å². The van der Waals surface area contributed by atoms with Crippen LogP contribution in [0.25, 0.3) is 0 Å². The third-order valence-corrected chi connectivity index (χ3v) is 3.95. The lowest BCUT2D eigenvalue weighted by Gasteiger charge is -2.32. The van der Waals surface area contributed by atoms with Gasteiger partial charge in [-0.1, -0.05) is 34.8 Å². The molecule has 0 aliphatic carbocycles. The Morgan fingerprint density at radius 1 is 1.05 bits per heavy atom. The van der Waals surface area contributed by atoms with Crippen molar-refractivity contribution < 1.29 is 9.59 Å². The van der Waals surface area contributed by atoms with Gasteiger partial charge in [0.15, 0.2) is 0 Å². The van der Waals surface area contributed by atoms with Crippen LogP contribution < -0.4 is 5.32 Å². The van der Waals surface area contributed by atoms with Gasteiger partial charge in [-0.3, -0.25) is 9.59 Å². The number of nitrogens with zero attached hydrogens (tertiary/aromatic N) is 2. The number of hydrogen-bond donors (Lipinski definition) is 1. The first-order valence-corrected chi connectivity index (χ1v) is 7.87. The van der Waals surface area contributed by atoms with E-state index in [-0.39, 0.29) is 5.91 Å². The number of rotatable bonds is 2. The van der Waals surface area contributed by atoms with E-state index in [1.165, 1.54) is 0 Å². The summed E-state index contributed by atoms with van der Waals surface area (Å²) in [4.78, 5) is 27.9. The van der Waals surface area contributed by atoms with Crippen LogP contribution in [0.3, 0.4) is 0 Å². The molecule has 120 valence electrons. The monoisotopic (exact) mass is 363 g/mol. The molecule has 0 bridgehead atoms. The average Bonchev–Trinajstić information content (AvgIpc) is 2.47. The molecule has 22 heavy (non-hydrogen) atoms. The van der Waals surface area contributed by atoms with E-state index in [9.17, 15) is 9.59 Å². The van der Waals surface area contributed by atoms with Crippen LogP contribution in [0.15, 0.2) is 24.3 Å². The van der Waals surface area contributed by atoms with Crippen LogP contribution in [0.5, 0.6) is 0 Å². The molecule has 0 saturated carbocycles. The Balaban J connectivity index is 1.99. The van der Waals surface area contributed by atoms with Crippen molar-refractivity contribution in [3.05, 3.63) is 29.8 Å². The van der Waals surface area contributed by atoms with E-state index in [1.807, 2.05) is 11.9 Å². The number of hydrogen-bond acceptors (Lipinski definition) is 3. The summed E-state index contributed by atoms with van der Waals surface area (Å²) in [6.07, 6.45) is 0. The van der Waals surface area contributed by atoms with Gasteiger partial charge in [0.05, 0.1) is 0 Å². The van der Waals surface area contributed by atoms with Crippen LogP contribution in [0.4, 0.5) is 5.69 Å². The maximum Gasteiger partial charge on any atom is 0.276 e. The SMILES string of the molecule is CN1CCN(C(=O)c2ccc(NC(=O)C(Cl)(Cl)Cl)cc2)CC1. The van der Waals surface area contributed by atoms with Gasteiger partial charge in [0, 0.05) is 37.4 Å². The standard InChI is InChI=1S/C14H16Cl3N3O2/c1-19-6-8-20(9-7-19)12(21)10-2-4-11(5-3-10)18-13(22)14(15,16)17/h2-5H,6-9H2,1H3,(H,18,22). The molecule has 2 amide bonds. The summed E-state index contributed by atoms with van der Waals surface area (Å²) in [5.41, 5.74) is 1.03. The van der Waals surface area contributed by atoms with E-state index in [0.717, 1.165) is 13.1 Å². The van der Waals surface area contributed by atoms with Gasteiger partial charge in [0.25, 0.3) is 15.6 Å². The molecular weight excluding hydrogens is 349 g/mol. The lowest BCUT2D eigenvalue weighted by molar-refractivity contribution is -0.115. The first kappa shape index (κ1) is 17.3. The van der Waals surface area contributed by atoms with Gasteiger partial charge in [0.1, 0.15) is 0 Å². The van der Waals surface area contributed by atoms with Crippen LogP contribution in [0.1, 0.15) is 10.4 Å². The van der Waals surface area contributed by atoms with Gasteiger partial charge in [-0.15, -0.1) is 0 Å². The highest BCUT2D eigenvalue weighted by molar-refractivity contribution is 6.76. The zero-order valence-corrected chi connectivity index (χ0v) is 14.3. The Hall–Kier alpha value is -1.01. The van der Waals surface area contributed by atoms with Crippen LogP contribution >= 0.6 is 34.8 Å². The largest absolute Gasteiger partial charge is 0.336 e. The second kappa shape index (κ2) is 7.04. The van der Waals surface area contributed by atoms with Crippen molar-refractivity contribution in [3.8, 4) is 0 Å². The van der Waals surface area contributed by atoms with Crippen LogP contribution in [0.2, 0.25) is 0 Å². The molecular formula is C14H16Cl3N3O2. The predicted octanol–water partition coefficient (Wildman–Crippen LogP) is 2.38. The van der Waals surface area contributed by atoms with E-state index in [2.05, 4.69) is 10.2 Å². The summed E-state index contributed by atoms with van der Waals surface area (Å²) in [6, 6.07) is 6.51. The Kier molecular flexibility index (Phi) is 5.55. The summed E-state index contributed by atoms with van der Waals surface area (Å²) in [6.45, 7) is 3.15. The number of nitrogens with one attached hydrogen (secondary N) is 1. The van der Waals surface area contributed by atoms with Gasteiger partial charge in [0.2, 0.25) is 0 Å². The molecule has 1 fully saturated rings. The number of likely N-dealkylation sites (N-methyl/N-ethyl adjacent to an activating group) is 1. The lowest BCUT2D eigenvalue weighted by atomic mass is 10.1. The highest BCUT2D eigenvalue weighted by Crippen LogP contribution is 2.27. The van der Waals surface area contributed by atoms with Crippen LogP contribution in [-0.2, 0) is 4.79 Å². The molecule has 1 aromatic rings. The summed E-state index contributed by atoms with van der Waals surface area (Å²) < 4.78 is -2.02. The van der Waals surface area contributed by atoms with Crippen molar-refractivity contribution in [2.24, 2.45) is 0 Å². The Morgan fingerprint density at radius 3 is 2.09 bits per heavy atom. The molecule has 0 aromatic heterocycles. The predicted molar refractivity (Wildman–Crippen MR) is 88.8 cm³/mol. The van der Waals surface area contributed by atoms with Crippen molar-refractivity contribution in [1.82, 2.24) is 9.80 Å². The van der Waals surface area contributed by atoms with Crippen molar-refractivity contribution >= 4 is 52.3 Å². The van der Waals surface area contributed by atoms with Gasteiger partial charge in [-0.25, -0.2) is 0 Å². The van der Waals surface area contributed by atoms with Crippen molar-refractivity contribution in [3.63, 3.8) is 0 Å². The normalized spacial score (nSPS) is 16.5. The molecule has 1 aliphatic rings. The molecule has 1 N–H and O–H groups in total. The second-order valence-electron chi connectivity index (χ2n) is 5.12. The second-order valence-corrected chi connectivity index (χ2v) is 7.41. The molecule has 1 aliphatic heterocycles. The number of amides is 2. The summed E-state index contributed by atoms with van der Waals surface area (Å²) in [5, 5.41) is 2.47. The Bertz CT molecular complexity index is 549. The number of piperazine rings is 1. The maximum atomic E-state index is 12.4. The number of anilines is 1. The average molecular weight is 365 g/mol. The van der Waals surface area contributed by atoms with Gasteiger partial charge < -0.3 is 15.1 Å². The van der Waals surface area contributed by atoms with E-state index in [0.29, 0.717) is 24.3 Å². The number of benzene rings is 1. The van der Waals surface area contributed by atoms with Gasteiger partial charge in [-0.2, -0.15) is 0 Å². The highest BCUT2D eigenvalue weighted by Gasteiger charge is 2.30. The summed E-state index contributed by atoms with van der Waals surface area (Å²) in [5.74, 6) is -0.761. The Morgan fingerprint density at radius 2 is 1.59 bits per heavy atom. The highest BCUT2D eigenvalue weighted by atomic mass is 35.6. The molecule has 1 heterocycles.